The molecule has 3 heterocycles. The van der Waals surface area contributed by atoms with Crippen LogP contribution in [0.3, 0.4) is 0 Å². The first-order chi connectivity index (χ1) is 6.71. The molecule has 0 saturated carbocycles. The normalized spacial score (nSPS) is 40.3. The van der Waals surface area contributed by atoms with Crippen molar-refractivity contribution in [2.24, 2.45) is 10.7 Å². The van der Waals surface area contributed by atoms with Gasteiger partial charge in [-0.05, 0) is 12.8 Å². The number of amides is 1. The highest BCUT2D eigenvalue weighted by Crippen LogP contribution is 2.38. The van der Waals surface area contributed by atoms with Crippen molar-refractivity contribution in [3.05, 3.63) is 0 Å². The van der Waals surface area contributed by atoms with E-state index in [9.17, 15) is 4.79 Å². The molecule has 0 radical (unpaired) electrons. The summed E-state index contributed by atoms with van der Waals surface area (Å²) in [6, 6.07) is 0.319. The molecule has 2 fully saturated rings. The standard InChI is InChI=1S/C9H14N4O/c10-8-11-5-9(12-8)4-7(14)13-3-1-2-6(9)13/h6H,1-5H2,(H3,10,11,12). The van der Waals surface area contributed by atoms with Crippen molar-refractivity contribution in [1.82, 2.24) is 10.2 Å². The highest BCUT2D eigenvalue weighted by Gasteiger charge is 2.55. The van der Waals surface area contributed by atoms with E-state index < -0.39 is 0 Å². The van der Waals surface area contributed by atoms with E-state index in [1.54, 1.807) is 0 Å². The molecular formula is C9H14N4O. The van der Waals surface area contributed by atoms with E-state index in [4.69, 9.17) is 5.73 Å². The maximum atomic E-state index is 11.7. The van der Waals surface area contributed by atoms with Gasteiger partial charge in [-0.25, -0.2) is 0 Å². The van der Waals surface area contributed by atoms with Crippen LogP contribution in [0, 0.1) is 0 Å². The van der Waals surface area contributed by atoms with E-state index in [0.717, 1.165) is 19.4 Å². The zero-order valence-electron chi connectivity index (χ0n) is 7.99. The number of nitrogens with one attached hydrogen (secondary N) is 1. The number of carbonyl (C=O) groups is 1. The molecule has 3 N–H and O–H groups in total. The first-order valence-corrected chi connectivity index (χ1v) is 5.09. The minimum Gasteiger partial charge on any atom is -0.370 e. The van der Waals surface area contributed by atoms with Crippen LogP contribution in [0.1, 0.15) is 19.3 Å². The number of rotatable bonds is 0. The highest BCUT2D eigenvalue weighted by atomic mass is 16.2. The van der Waals surface area contributed by atoms with Crippen LogP contribution < -0.4 is 11.1 Å². The van der Waals surface area contributed by atoms with E-state index in [1.807, 2.05) is 4.90 Å². The molecule has 0 aliphatic carbocycles. The van der Waals surface area contributed by atoms with Gasteiger partial charge in [0.1, 0.15) is 0 Å². The van der Waals surface area contributed by atoms with Crippen LogP contribution in [0.2, 0.25) is 0 Å². The van der Waals surface area contributed by atoms with Gasteiger partial charge in [0.2, 0.25) is 5.91 Å². The fourth-order valence-corrected chi connectivity index (χ4v) is 2.98. The van der Waals surface area contributed by atoms with E-state index >= 15 is 0 Å². The number of carbonyl (C=O) groups excluding carboxylic acids is 1. The molecule has 76 valence electrons. The van der Waals surface area contributed by atoms with Gasteiger partial charge < -0.3 is 16.0 Å². The average molecular weight is 194 g/mol. The van der Waals surface area contributed by atoms with Gasteiger partial charge >= 0.3 is 0 Å². The van der Waals surface area contributed by atoms with Gasteiger partial charge in [-0.3, -0.25) is 9.79 Å². The van der Waals surface area contributed by atoms with Gasteiger partial charge in [0.15, 0.2) is 5.96 Å². The number of hydrogen-bond acceptors (Lipinski definition) is 4. The lowest BCUT2D eigenvalue weighted by atomic mass is 9.89. The van der Waals surface area contributed by atoms with Gasteiger partial charge in [0.25, 0.3) is 0 Å². The van der Waals surface area contributed by atoms with Crippen molar-refractivity contribution in [1.29, 1.82) is 0 Å². The number of aliphatic imine (C=N–C) groups is 1. The van der Waals surface area contributed by atoms with Crippen molar-refractivity contribution >= 4 is 11.9 Å². The molecule has 3 aliphatic heterocycles. The largest absolute Gasteiger partial charge is 0.370 e. The van der Waals surface area contributed by atoms with E-state index in [-0.39, 0.29) is 11.4 Å². The Balaban J connectivity index is 1.92. The summed E-state index contributed by atoms with van der Waals surface area (Å²) >= 11 is 0. The van der Waals surface area contributed by atoms with Crippen LogP contribution in [-0.2, 0) is 4.79 Å². The average Bonchev–Trinajstić information content (AvgIpc) is 2.75. The number of guanidine groups is 1. The van der Waals surface area contributed by atoms with Crippen molar-refractivity contribution in [2.45, 2.75) is 30.8 Å². The minimum atomic E-state index is -0.169. The Labute approximate surface area is 82.3 Å². The molecule has 14 heavy (non-hydrogen) atoms. The number of fused-ring (bicyclic) bond motifs is 2. The third-order valence-electron chi connectivity index (χ3n) is 3.59. The quantitative estimate of drug-likeness (QED) is 0.521. The Morgan fingerprint density at radius 2 is 2.50 bits per heavy atom. The summed E-state index contributed by atoms with van der Waals surface area (Å²) < 4.78 is 0. The summed E-state index contributed by atoms with van der Waals surface area (Å²) in [7, 11) is 0. The molecule has 0 aromatic carbocycles. The molecule has 2 atom stereocenters. The second kappa shape index (κ2) is 2.40. The smallest absolute Gasteiger partial charge is 0.225 e. The molecule has 0 aromatic heterocycles. The summed E-state index contributed by atoms with van der Waals surface area (Å²) in [6.07, 6.45) is 2.75. The van der Waals surface area contributed by atoms with E-state index in [0.29, 0.717) is 25.0 Å². The van der Waals surface area contributed by atoms with Crippen LogP contribution in [0.5, 0.6) is 0 Å². The lowest BCUT2D eigenvalue weighted by Gasteiger charge is -2.29. The number of hydrogen-bond donors (Lipinski definition) is 2. The summed E-state index contributed by atoms with van der Waals surface area (Å²) in [5, 5.41) is 3.20. The van der Waals surface area contributed by atoms with Crippen molar-refractivity contribution < 1.29 is 4.79 Å². The van der Waals surface area contributed by atoms with Gasteiger partial charge in [-0.1, -0.05) is 0 Å². The van der Waals surface area contributed by atoms with Gasteiger partial charge in [0, 0.05) is 6.54 Å². The molecule has 2 unspecified atom stereocenters. The maximum Gasteiger partial charge on any atom is 0.225 e. The molecule has 5 heteroatoms. The topological polar surface area (TPSA) is 70.7 Å². The lowest BCUT2D eigenvalue weighted by Crippen LogP contribution is -2.54. The van der Waals surface area contributed by atoms with Crippen LogP contribution in [0.15, 0.2) is 4.99 Å². The number of nitrogens with two attached hydrogens (primary N) is 1. The van der Waals surface area contributed by atoms with Crippen molar-refractivity contribution in [3.8, 4) is 0 Å². The monoisotopic (exact) mass is 194 g/mol. The molecule has 3 aliphatic rings. The molecule has 1 spiro atoms. The zero-order valence-corrected chi connectivity index (χ0v) is 7.99. The Bertz CT molecular complexity index is 327. The Morgan fingerprint density at radius 3 is 3.21 bits per heavy atom. The first-order valence-electron chi connectivity index (χ1n) is 5.09. The minimum absolute atomic E-state index is 0.169. The summed E-state index contributed by atoms with van der Waals surface area (Å²) in [6.45, 7) is 1.57. The summed E-state index contributed by atoms with van der Waals surface area (Å²) in [4.78, 5) is 17.9. The molecule has 1 amide bonds. The number of nitrogens with zero attached hydrogens (tertiary/aromatic N) is 2. The maximum absolute atomic E-state index is 11.7. The third-order valence-corrected chi connectivity index (χ3v) is 3.59. The van der Waals surface area contributed by atoms with Gasteiger partial charge in [-0.15, -0.1) is 0 Å². The van der Waals surface area contributed by atoms with Crippen LogP contribution in [0.25, 0.3) is 0 Å². The Morgan fingerprint density at radius 1 is 1.64 bits per heavy atom. The predicted molar refractivity (Wildman–Crippen MR) is 51.7 cm³/mol. The molecule has 0 aromatic rings. The zero-order chi connectivity index (χ0) is 9.76. The molecule has 2 saturated heterocycles. The van der Waals surface area contributed by atoms with Crippen LogP contribution in [0.4, 0.5) is 0 Å². The summed E-state index contributed by atoms with van der Waals surface area (Å²) in [5.41, 5.74) is 5.46. The second-order valence-electron chi connectivity index (χ2n) is 4.40. The van der Waals surface area contributed by atoms with E-state index in [2.05, 4.69) is 10.3 Å². The molecular weight excluding hydrogens is 180 g/mol. The lowest BCUT2D eigenvalue weighted by molar-refractivity contribution is -0.127. The Kier molecular flexibility index (Phi) is 1.39. The SMILES string of the molecule is NC1=NCC2(CC(=O)N3CCCC32)N1. The third kappa shape index (κ3) is 0.844. The van der Waals surface area contributed by atoms with Crippen LogP contribution in [-0.4, -0.2) is 41.4 Å². The van der Waals surface area contributed by atoms with E-state index in [1.165, 1.54) is 0 Å². The second-order valence-corrected chi connectivity index (χ2v) is 4.40. The first kappa shape index (κ1) is 8.08. The van der Waals surface area contributed by atoms with Crippen molar-refractivity contribution in [3.63, 3.8) is 0 Å². The van der Waals surface area contributed by atoms with Gasteiger partial charge in [-0.2, -0.15) is 0 Å². The van der Waals surface area contributed by atoms with Crippen LogP contribution >= 0.6 is 0 Å². The Hall–Kier alpha value is -1.26. The molecule has 5 nitrogen and oxygen atoms in total. The fraction of sp³-hybridized carbons (Fsp3) is 0.778. The fourth-order valence-electron chi connectivity index (χ4n) is 2.98. The molecule has 0 bridgehead atoms. The summed E-state index contributed by atoms with van der Waals surface area (Å²) in [5.74, 6) is 0.747. The van der Waals surface area contributed by atoms with Crippen molar-refractivity contribution in [2.75, 3.05) is 13.1 Å². The highest BCUT2D eigenvalue weighted by molar-refractivity contribution is 5.87. The van der Waals surface area contributed by atoms with Gasteiger partial charge in [0.05, 0.1) is 24.5 Å². The predicted octanol–water partition coefficient (Wildman–Crippen LogP) is -0.962. The molecule has 3 rings (SSSR count).